The average Bonchev–Trinajstić information content (AvgIpc) is 3.26. The van der Waals surface area contributed by atoms with E-state index in [1.807, 2.05) is 6.07 Å². The Morgan fingerprint density at radius 2 is 1.66 bits per heavy atom. The van der Waals surface area contributed by atoms with Gasteiger partial charge in [0.15, 0.2) is 0 Å². The van der Waals surface area contributed by atoms with Crippen LogP contribution in [0, 0.1) is 6.92 Å². The van der Waals surface area contributed by atoms with Gasteiger partial charge >= 0.3 is 195 Å². The third kappa shape index (κ3) is 2.82. The van der Waals surface area contributed by atoms with Gasteiger partial charge in [0, 0.05) is 0 Å². The molecule has 3 heteroatoms. The number of pyridine rings is 1. The number of hydrogen-bond acceptors (Lipinski definition) is 1. The van der Waals surface area contributed by atoms with Crippen LogP contribution in [0.4, 0.5) is 0 Å². The van der Waals surface area contributed by atoms with Gasteiger partial charge in [0.2, 0.25) is 0 Å². The number of para-hydroxylation sites is 1. The fourth-order valence-electron chi connectivity index (χ4n) is 5.21. The first kappa shape index (κ1) is 17.7. The topological polar surface area (TPSA) is 17.0 Å². The van der Waals surface area contributed by atoms with Gasteiger partial charge in [0.25, 0.3) is 0 Å². The van der Waals surface area contributed by atoms with Gasteiger partial charge in [-0.25, -0.2) is 0 Å². The summed E-state index contributed by atoms with van der Waals surface area (Å²) in [6.07, 6.45) is 0.757. The van der Waals surface area contributed by atoms with E-state index in [9.17, 15) is 0 Å². The second-order valence-electron chi connectivity index (χ2n) is 9.58. The van der Waals surface area contributed by atoms with E-state index < -0.39 is 19.6 Å². The molecule has 3 heterocycles. The molecule has 0 saturated carbocycles. The summed E-state index contributed by atoms with van der Waals surface area (Å²) in [6.45, 7) is 2.13. The van der Waals surface area contributed by atoms with Crippen molar-refractivity contribution in [3.05, 3.63) is 84.1 Å². The van der Waals surface area contributed by atoms with Crippen LogP contribution in [0.2, 0.25) is 16.8 Å². The molecule has 0 fully saturated rings. The Morgan fingerprint density at radius 1 is 0.875 bits per heavy atom. The Hall–Kier alpha value is -2.85. The van der Waals surface area contributed by atoms with E-state index in [1.165, 1.54) is 9.96 Å². The van der Waals surface area contributed by atoms with Crippen LogP contribution in [-0.4, -0.2) is 13.3 Å². The summed E-state index contributed by atoms with van der Waals surface area (Å²) in [4.78, 5) is 0. The SMILES string of the molecule is [2H]C1([2H])[CH2][Ge]([CH3])([CH3])[c]2cccc(-c3cccc4c3oc3c(-c5cccc[n+]5C)c(C)ccc34)c21. The van der Waals surface area contributed by atoms with Gasteiger partial charge in [-0.2, -0.15) is 0 Å². The molecule has 6 rings (SSSR count). The van der Waals surface area contributed by atoms with Crippen molar-refractivity contribution >= 4 is 39.6 Å². The van der Waals surface area contributed by atoms with Crippen LogP contribution in [0.3, 0.4) is 0 Å². The van der Waals surface area contributed by atoms with Crippen LogP contribution in [0.15, 0.2) is 77.3 Å². The van der Waals surface area contributed by atoms with E-state index in [0.717, 1.165) is 49.9 Å². The van der Waals surface area contributed by atoms with E-state index in [4.69, 9.17) is 7.16 Å². The van der Waals surface area contributed by atoms with E-state index >= 15 is 0 Å². The molecule has 0 saturated heterocycles. The van der Waals surface area contributed by atoms with Gasteiger partial charge in [-0.1, -0.05) is 0 Å². The molecule has 0 unspecified atom stereocenters. The number of nitrogens with zero attached hydrogens (tertiary/aromatic N) is 1. The number of hydrogen-bond donors (Lipinski definition) is 0. The predicted octanol–water partition coefficient (Wildman–Crippen LogP) is 6.52. The zero-order valence-electron chi connectivity index (χ0n) is 21.0. The molecule has 1 aliphatic heterocycles. The number of benzene rings is 3. The van der Waals surface area contributed by atoms with Crippen molar-refractivity contribution in [2.24, 2.45) is 7.05 Å². The molecule has 0 bridgehead atoms. The molecule has 0 atom stereocenters. The van der Waals surface area contributed by atoms with Crippen molar-refractivity contribution in [2.75, 3.05) is 0 Å². The minimum absolute atomic E-state index is 0.670. The summed E-state index contributed by atoms with van der Waals surface area (Å²) in [6, 6.07) is 23.2. The molecule has 0 amide bonds. The summed E-state index contributed by atoms with van der Waals surface area (Å²) in [5.74, 6) is 4.65. The molecular formula is C29H28GeNO+. The second-order valence-corrected chi connectivity index (χ2v) is 19.4. The van der Waals surface area contributed by atoms with Gasteiger partial charge in [0.05, 0.1) is 0 Å². The van der Waals surface area contributed by atoms with Crippen molar-refractivity contribution in [1.82, 2.24) is 0 Å². The number of fused-ring (bicyclic) bond motifs is 4. The maximum atomic E-state index is 8.91. The van der Waals surface area contributed by atoms with E-state index in [2.05, 4.69) is 96.9 Å². The molecule has 1 aliphatic rings. The molecule has 0 spiro atoms. The Kier molecular flexibility index (Phi) is 3.91. The molecule has 5 aromatic rings. The number of aromatic nitrogens is 1. The van der Waals surface area contributed by atoms with E-state index in [-0.39, 0.29) is 0 Å². The molecule has 3 aromatic carbocycles. The minimum atomic E-state index is -2.41. The van der Waals surface area contributed by atoms with Crippen molar-refractivity contribution in [2.45, 2.75) is 30.1 Å². The Labute approximate surface area is 194 Å². The first-order valence-electron chi connectivity index (χ1n) is 12.2. The molecule has 0 aliphatic carbocycles. The summed E-state index contributed by atoms with van der Waals surface area (Å²) < 4.78 is 27.9. The summed E-state index contributed by atoms with van der Waals surface area (Å²) in [5.41, 5.74) is 7.95. The molecule has 0 radical (unpaired) electrons. The van der Waals surface area contributed by atoms with Crippen LogP contribution >= 0.6 is 0 Å². The Bertz CT molecular complexity index is 1620. The standard InChI is InChI=1S/C29H28GeNO/c1-19-14-15-24-23-11-7-10-22(20-9-8-12-25-21(20)16-17-30(25,2)3)28(23)32-29(24)27(19)26-13-5-6-18-31(26)4/h5-15,18H,16-17H2,1-4H3/q+1/i16D2. The van der Waals surface area contributed by atoms with Crippen LogP contribution in [0.5, 0.6) is 0 Å². The zero-order valence-corrected chi connectivity index (χ0v) is 21.1. The summed E-state index contributed by atoms with van der Waals surface area (Å²) >= 11 is -2.41. The fraction of sp³-hybridized carbons (Fsp3) is 0.207. The van der Waals surface area contributed by atoms with E-state index in [0.29, 0.717) is 5.25 Å². The molecule has 158 valence electrons. The van der Waals surface area contributed by atoms with E-state index in [1.54, 1.807) is 0 Å². The number of aryl methyl sites for hydroxylation is 2. The van der Waals surface area contributed by atoms with Crippen LogP contribution < -0.4 is 8.96 Å². The summed E-state index contributed by atoms with van der Waals surface area (Å²) in [7, 11) is 2.06. The molecule has 32 heavy (non-hydrogen) atoms. The second kappa shape index (κ2) is 7.08. The van der Waals surface area contributed by atoms with Crippen molar-refractivity contribution in [3.8, 4) is 22.4 Å². The Morgan fingerprint density at radius 3 is 2.50 bits per heavy atom. The maximum absolute atomic E-state index is 8.91. The fourth-order valence-corrected chi connectivity index (χ4v) is 9.94. The Balaban J connectivity index is 1.69. The first-order chi connectivity index (χ1) is 16.2. The summed E-state index contributed by atoms with van der Waals surface area (Å²) in [5, 5.41) is 2.84. The molecule has 0 N–H and O–H groups in total. The number of furan rings is 1. The van der Waals surface area contributed by atoms with Gasteiger partial charge in [-0.3, -0.25) is 0 Å². The van der Waals surface area contributed by atoms with Gasteiger partial charge in [-0.15, -0.1) is 0 Å². The van der Waals surface area contributed by atoms with Crippen LogP contribution in [0.1, 0.15) is 13.9 Å². The molecule has 2 nitrogen and oxygen atoms in total. The van der Waals surface area contributed by atoms with Gasteiger partial charge in [-0.05, 0) is 0 Å². The van der Waals surface area contributed by atoms with Crippen molar-refractivity contribution in [1.29, 1.82) is 0 Å². The first-order valence-corrected chi connectivity index (χ1v) is 18.0. The third-order valence-electron chi connectivity index (χ3n) is 6.98. The van der Waals surface area contributed by atoms with Crippen LogP contribution in [0.25, 0.3) is 44.3 Å². The zero-order chi connectivity index (χ0) is 23.8. The average molecular weight is 481 g/mol. The van der Waals surface area contributed by atoms with Gasteiger partial charge < -0.3 is 0 Å². The monoisotopic (exact) mass is 482 g/mol. The number of rotatable bonds is 2. The molecule has 2 aromatic heterocycles. The van der Waals surface area contributed by atoms with Crippen LogP contribution in [-0.2, 0) is 13.4 Å². The van der Waals surface area contributed by atoms with Crippen molar-refractivity contribution in [3.63, 3.8) is 0 Å². The quantitative estimate of drug-likeness (QED) is 0.207. The van der Waals surface area contributed by atoms with Crippen molar-refractivity contribution < 1.29 is 11.7 Å². The third-order valence-corrected chi connectivity index (χ3v) is 13.1. The van der Waals surface area contributed by atoms with Gasteiger partial charge in [0.1, 0.15) is 0 Å². The molecular weight excluding hydrogens is 451 g/mol. The normalized spacial score (nSPS) is 17.4. The predicted molar refractivity (Wildman–Crippen MR) is 136 cm³/mol.